The van der Waals surface area contributed by atoms with Crippen molar-refractivity contribution in [2.45, 2.75) is 13.8 Å². The highest BCUT2D eigenvalue weighted by molar-refractivity contribution is 6.01. The fourth-order valence-corrected chi connectivity index (χ4v) is 2.64. The SMILES string of the molecule is COc1cc2nccc(Oc3cc(C)c(N)cc3C)c2cc1C(N)=O. The molecule has 2 aromatic carbocycles. The number of methoxy groups -OCH3 is 1. The number of nitrogen functional groups attached to an aromatic ring is 1. The van der Waals surface area contributed by atoms with Gasteiger partial charge in [0.25, 0.3) is 5.91 Å². The van der Waals surface area contributed by atoms with Gasteiger partial charge < -0.3 is 20.9 Å². The molecule has 128 valence electrons. The number of primary amides is 1. The zero-order valence-electron chi connectivity index (χ0n) is 14.3. The third kappa shape index (κ3) is 3.06. The quantitative estimate of drug-likeness (QED) is 0.711. The first-order chi connectivity index (χ1) is 11.9. The van der Waals surface area contributed by atoms with Crippen molar-refractivity contribution < 1.29 is 14.3 Å². The predicted molar refractivity (Wildman–Crippen MR) is 97.2 cm³/mol. The van der Waals surface area contributed by atoms with E-state index in [4.69, 9.17) is 20.9 Å². The second kappa shape index (κ2) is 6.32. The van der Waals surface area contributed by atoms with E-state index in [9.17, 15) is 4.79 Å². The van der Waals surface area contributed by atoms with Crippen LogP contribution in [0.15, 0.2) is 36.5 Å². The van der Waals surface area contributed by atoms with Gasteiger partial charge in [-0.1, -0.05) is 0 Å². The molecular weight excluding hydrogens is 318 g/mol. The molecule has 3 rings (SSSR count). The molecule has 0 spiro atoms. The van der Waals surface area contributed by atoms with Gasteiger partial charge >= 0.3 is 0 Å². The van der Waals surface area contributed by atoms with Crippen LogP contribution in [0.3, 0.4) is 0 Å². The van der Waals surface area contributed by atoms with Crippen LogP contribution in [-0.2, 0) is 0 Å². The molecule has 0 atom stereocenters. The van der Waals surface area contributed by atoms with Crippen LogP contribution in [-0.4, -0.2) is 18.0 Å². The summed E-state index contributed by atoms with van der Waals surface area (Å²) in [6.07, 6.45) is 1.64. The Bertz CT molecular complexity index is 983. The lowest BCUT2D eigenvalue weighted by Gasteiger charge is -2.14. The molecule has 1 aromatic heterocycles. The van der Waals surface area contributed by atoms with Gasteiger partial charge in [-0.25, -0.2) is 0 Å². The number of amides is 1. The monoisotopic (exact) mass is 337 g/mol. The Kier molecular flexibility index (Phi) is 4.19. The molecule has 4 N–H and O–H groups in total. The van der Waals surface area contributed by atoms with Gasteiger partial charge in [-0.05, 0) is 49.2 Å². The first kappa shape index (κ1) is 16.6. The highest BCUT2D eigenvalue weighted by Crippen LogP contribution is 2.35. The van der Waals surface area contributed by atoms with Gasteiger partial charge in [-0.3, -0.25) is 9.78 Å². The van der Waals surface area contributed by atoms with Gasteiger partial charge in [0.2, 0.25) is 0 Å². The van der Waals surface area contributed by atoms with Crippen molar-refractivity contribution in [3.63, 3.8) is 0 Å². The van der Waals surface area contributed by atoms with E-state index < -0.39 is 5.91 Å². The van der Waals surface area contributed by atoms with E-state index in [0.29, 0.717) is 33.8 Å². The molecular formula is C19H19N3O3. The number of benzene rings is 2. The maximum atomic E-state index is 11.7. The van der Waals surface area contributed by atoms with Crippen molar-refractivity contribution in [2.75, 3.05) is 12.8 Å². The summed E-state index contributed by atoms with van der Waals surface area (Å²) in [5.41, 5.74) is 14.9. The first-order valence-electron chi connectivity index (χ1n) is 7.72. The molecule has 0 radical (unpaired) electrons. The number of fused-ring (bicyclic) bond motifs is 1. The summed E-state index contributed by atoms with van der Waals surface area (Å²) in [7, 11) is 1.48. The average Bonchev–Trinajstić information content (AvgIpc) is 2.58. The summed E-state index contributed by atoms with van der Waals surface area (Å²) < 4.78 is 11.3. The van der Waals surface area contributed by atoms with E-state index in [0.717, 1.165) is 11.1 Å². The van der Waals surface area contributed by atoms with Crippen molar-refractivity contribution in [1.29, 1.82) is 0 Å². The van der Waals surface area contributed by atoms with Gasteiger partial charge in [0.1, 0.15) is 17.2 Å². The molecule has 0 unspecified atom stereocenters. The summed E-state index contributed by atoms with van der Waals surface area (Å²) >= 11 is 0. The molecule has 0 aliphatic carbocycles. The zero-order chi connectivity index (χ0) is 18.1. The molecule has 6 nitrogen and oxygen atoms in total. The number of hydrogen-bond acceptors (Lipinski definition) is 5. The van der Waals surface area contributed by atoms with E-state index in [1.54, 1.807) is 24.4 Å². The number of carbonyl (C=O) groups is 1. The maximum absolute atomic E-state index is 11.7. The minimum absolute atomic E-state index is 0.276. The van der Waals surface area contributed by atoms with Gasteiger partial charge in [-0.2, -0.15) is 0 Å². The topological polar surface area (TPSA) is 100 Å². The van der Waals surface area contributed by atoms with Crippen molar-refractivity contribution in [3.8, 4) is 17.2 Å². The second-order valence-corrected chi connectivity index (χ2v) is 5.82. The Labute approximate surface area is 145 Å². The van der Waals surface area contributed by atoms with Crippen LogP contribution >= 0.6 is 0 Å². The third-order valence-corrected chi connectivity index (χ3v) is 4.07. The molecule has 0 fully saturated rings. The predicted octanol–water partition coefficient (Wildman–Crippen LogP) is 3.33. The van der Waals surface area contributed by atoms with E-state index in [1.165, 1.54) is 7.11 Å². The van der Waals surface area contributed by atoms with Crippen LogP contribution in [0.2, 0.25) is 0 Å². The highest BCUT2D eigenvalue weighted by Gasteiger charge is 2.15. The molecule has 0 saturated carbocycles. The van der Waals surface area contributed by atoms with Crippen LogP contribution in [0.1, 0.15) is 21.5 Å². The number of aryl methyl sites for hydroxylation is 2. The Hall–Kier alpha value is -3.28. The Morgan fingerprint density at radius 2 is 1.80 bits per heavy atom. The normalized spacial score (nSPS) is 10.7. The molecule has 25 heavy (non-hydrogen) atoms. The smallest absolute Gasteiger partial charge is 0.252 e. The number of nitrogens with two attached hydrogens (primary N) is 2. The van der Waals surface area contributed by atoms with E-state index in [2.05, 4.69) is 4.98 Å². The highest BCUT2D eigenvalue weighted by atomic mass is 16.5. The number of aromatic nitrogens is 1. The van der Waals surface area contributed by atoms with Gasteiger partial charge in [0.15, 0.2) is 0 Å². The largest absolute Gasteiger partial charge is 0.496 e. The molecule has 6 heteroatoms. The van der Waals surface area contributed by atoms with E-state index in [1.807, 2.05) is 26.0 Å². The number of ether oxygens (including phenoxy) is 2. The average molecular weight is 337 g/mol. The van der Waals surface area contributed by atoms with Gasteiger partial charge in [-0.15, -0.1) is 0 Å². The molecule has 0 aliphatic rings. The molecule has 0 aliphatic heterocycles. The number of pyridine rings is 1. The molecule has 1 amide bonds. The molecule has 3 aromatic rings. The van der Waals surface area contributed by atoms with Crippen LogP contribution < -0.4 is 20.9 Å². The lowest BCUT2D eigenvalue weighted by Crippen LogP contribution is -2.12. The Morgan fingerprint density at radius 1 is 1.04 bits per heavy atom. The number of rotatable bonds is 4. The second-order valence-electron chi connectivity index (χ2n) is 5.82. The van der Waals surface area contributed by atoms with Crippen molar-refractivity contribution >= 4 is 22.5 Å². The fraction of sp³-hybridized carbons (Fsp3) is 0.158. The Balaban J connectivity index is 2.15. The lowest BCUT2D eigenvalue weighted by molar-refractivity contribution is 0.0997. The van der Waals surface area contributed by atoms with Gasteiger partial charge in [0.05, 0.1) is 18.2 Å². The van der Waals surface area contributed by atoms with E-state index >= 15 is 0 Å². The van der Waals surface area contributed by atoms with Crippen molar-refractivity contribution in [2.24, 2.45) is 5.73 Å². The lowest BCUT2D eigenvalue weighted by atomic mass is 10.1. The van der Waals surface area contributed by atoms with Gasteiger partial charge in [0, 0.05) is 23.3 Å². The Morgan fingerprint density at radius 3 is 2.48 bits per heavy atom. The zero-order valence-corrected chi connectivity index (χ0v) is 14.3. The molecule has 0 saturated heterocycles. The van der Waals surface area contributed by atoms with E-state index in [-0.39, 0.29) is 5.56 Å². The van der Waals surface area contributed by atoms with Crippen LogP contribution in [0.4, 0.5) is 5.69 Å². The number of hydrogen-bond donors (Lipinski definition) is 2. The first-order valence-corrected chi connectivity index (χ1v) is 7.72. The summed E-state index contributed by atoms with van der Waals surface area (Å²) in [6.45, 7) is 3.84. The summed E-state index contributed by atoms with van der Waals surface area (Å²) in [4.78, 5) is 16.0. The molecule has 0 bridgehead atoms. The molecule has 1 heterocycles. The summed E-state index contributed by atoms with van der Waals surface area (Å²) in [6, 6.07) is 8.80. The standard InChI is InChI=1S/C19H19N3O3/c1-10-7-17(11(2)6-14(10)20)25-16-4-5-22-15-9-18(24-3)13(19(21)23)8-12(15)16/h4-9H,20H2,1-3H3,(H2,21,23). The van der Waals surface area contributed by atoms with Crippen LogP contribution in [0, 0.1) is 13.8 Å². The van der Waals surface area contributed by atoms with Crippen LogP contribution in [0.5, 0.6) is 17.2 Å². The number of anilines is 1. The minimum atomic E-state index is -0.576. The van der Waals surface area contributed by atoms with Crippen LogP contribution in [0.25, 0.3) is 10.9 Å². The number of nitrogens with zero attached hydrogens (tertiary/aromatic N) is 1. The third-order valence-electron chi connectivity index (χ3n) is 4.07. The minimum Gasteiger partial charge on any atom is -0.496 e. The summed E-state index contributed by atoms with van der Waals surface area (Å²) in [5, 5.41) is 0.672. The van der Waals surface area contributed by atoms with Crippen molar-refractivity contribution in [3.05, 3.63) is 53.2 Å². The fourth-order valence-electron chi connectivity index (χ4n) is 2.64. The number of carbonyl (C=O) groups excluding carboxylic acids is 1. The summed E-state index contributed by atoms with van der Waals surface area (Å²) in [5.74, 6) is 1.07. The van der Waals surface area contributed by atoms with Crippen molar-refractivity contribution in [1.82, 2.24) is 4.98 Å². The maximum Gasteiger partial charge on any atom is 0.252 e.